The lowest BCUT2D eigenvalue weighted by molar-refractivity contribution is -0.127. The van der Waals surface area contributed by atoms with Crippen molar-refractivity contribution in [3.05, 3.63) is 0 Å². The van der Waals surface area contributed by atoms with Crippen molar-refractivity contribution in [1.29, 1.82) is 0 Å². The summed E-state index contributed by atoms with van der Waals surface area (Å²) in [6.07, 6.45) is -0.678. The summed E-state index contributed by atoms with van der Waals surface area (Å²) in [7, 11) is 0. The minimum absolute atomic E-state index is 0.0786. The Kier molecular flexibility index (Phi) is 3.39. The third kappa shape index (κ3) is 1.85. The maximum Gasteiger partial charge on any atom is 0.407 e. The average Bonchev–Trinajstić information content (AvgIpc) is 2.11. The SMILES string of the molecule is CC(C)(C)C1(C)C(Br)C(=O)CCN1C(=O)O. The van der Waals surface area contributed by atoms with Gasteiger partial charge < -0.3 is 10.0 Å². The topological polar surface area (TPSA) is 57.6 Å². The van der Waals surface area contributed by atoms with Gasteiger partial charge in [0.25, 0.3) is 0 Å². The van der Waals surface area contributed by atoms with Crippen LogP contribution in [0.2, 0.25) is 0 Å². The van der Waals surface area contributed by atoms with Gasteiger partial charge in [-0.3, -0.25) is 4.79 Å². The van der Waals surface area contributed by atoms with Gasteiger partial charge >= 0.3 is 6.09 Å². The van der Waals surface area contributed by atoms with Gasteiger partial charge in [0.05, 0.1) is 10.4 Å². The van der Waals surface area contributed by atoms with E-state index in [1.54, 1.807) is 0 Å². The summed E-state index contributed by atoms with van der Waals surface area (Å²) in [6, 6.07) is 0. The van der Waals surface area contributed by atoms with Crippen molar-refractivity contribution in [3.63, 3.8) is 0 Å². The Balaban J connectivity index is 3.23. The van der Waals surface area contributed by atoms with Gasteiger partial charge in [-0.2, -0.15) is 0 Å². The monoisotopic (exact) mass is 291 g/mol. The number of likely N-dealkylation sites (tertiary alicyclic amines) is 1. The van der Waals surface area contributed by atoms with Crippen molar-refractivity contribution >= 4 is 27.8 Å². The van der Waals surface area contributed by atoms with E-state index in [2.05, 4.69) is 15.9 Å². The molecule has 0 saturated carbocycles. The first-order chi connectivity index (χ1) is 7.12. The van der Waals surface area contributed by atoms with Gasteiger partial charge in [-0.05, 0) is 12.3 Å². The van der Waals surface area contributed by atoms with Crippen LogP contribution in [0.15, 0.2) is 0 Å². The summed E-state index contributed by atoms with van der Waals surface area (Å²) in [5.41, 5.74) is -1.02. The van der Waals surface area contributed by atoms with Crippen LogP contribution < -0.4 is 0 Å². The Morgan fingerprint density at radius 1 is 1.56 bits per heavy atom. The zero-order valence-electron chi connectivity index (χ0n) is 10.1. The molecule has 0 aliphatic carbocycles. The van der Waals surface area contributed by atoms with Crippen molar-refractivity contribution in [2.75, 3.05) is 6.54 Å². The number of halogens is 1. The van der Waals surface area contributed by atoms with Gasteiger partial charge in [0, 0.05) is 13.0 Å². The van der Waals surface area contributed by atoms with Crippen molar-refractivity contribution in [2.24, 2.45) is 5.41 Å². The Labute approximate surface area is 104 Å². The molecule has 1 saturated heterocycles. The van der Waals surface area contributed by atoms with Crippen LogP contribution in [0.4, 0.5) is 4.79 Å². The second kappa shape index (κ2) is 4.02. The third-order valence-corrected chi connectivity index (χ3v) is 5.07. The predicted octanol–water partition coefficient (Wildman–Crippen LogP) is 2.51. The van der Waals surface area contributed by atoms with Crippen molar-refractivity contribution in [3.8, 4) is 0 Å². The summed E-state index contributed by atoms with van der Waals surface area (Å²) >= 11 is 3.37. The molecule has 2 atom stereocenters. The van der Waals surface area contributed by atoms with Gasteiger partial charge in [0.15, 0.2) is 5.78 Å². The molecule has 0 bridgehead atoms. The Hall–Kier alpha value is -0.580. The fourth-order valence-corrected chi connectivity index (χ4v) is 3.27. The van der Waals surface area contributed by atoms with Gasteiger partial charge in [-0.1, -0.05) is 36.7 Å². The van der Waals surface area contributed by atoms with Crippen LogP contribution >= 0.6 is 15.9 Å². The number of hydrogen-bond donors (Lipinski definition) is 1. The van der Waals surface area contributed by atoms with E-state index in [0.717, 1.165) is 0 Å². The molecule has 0 aromatic heterocycles. The predicted molar refractivity (Wildman–Crippen MR) is 64.9 cm³/mol. The van der Waals surface area contributed by atoms with E-state index in [0.29, 0.717) is 0 Å². The highest BCUT2D eigenvalue weighted by Gasteiger charge is 2.54. The van der Waals surface area contributed by atoms with Crippen molar-refractivity contribution < 1.29 is 14.7 Å². The molecule has 0 radical (unpaired) electrons. The molecular weight excluding hydrogens is 274 g/mol. The number of hydrogen-bond acceptors (Lipinski definition) is 2. The molecule has 2 unspecified atom stereocenters. The second-order valence-corrected chi connectivity index (χ2v) is 6.33. The molecule has 0 spiro atoms. The maximum atomic E-state index is 11.8. The summed E-state index contributed by atoms with van der Waals surface area (Å²) < 4.78 is 0. The Morgan fingerprint density at radius 3 is 2.44 bits per heavy atom. The summed E-state index contributed by atoms with van der Waals surface area (Å²) in [5, 5.41) is 9.24. The molecule has 0 aromatic rings. The van der Waals surface area contributed by atoms with Crippen molar-refractivity contribution in [2.45, 2.75) is 44.5 Å². The average molecular weight is 292 g/mol. The van der Waals surface area contributed by atoms with Crippen LogP contribution in [0.3, 0.4) is 0 Å². The lowest BCUT2D eigenvalue weighted by Crippen LogP contribution is -2.67. The largest absolute Gasteiger partial charge is 0.465 e. The maximum absolute atomic E-state index is 11.8. The van der Waals surface area contributed by atoms with Crippen LogP contribution in [-0.4, -0.2) is 38.8 Å². The number of nitrogens with zero attached hydrogens (tertiary/aromatic N) is 1. The van der Waals surface area contributed by atoms with E-state index in [1.807, 2.05) is 27.7 Å². The van der Waals surface area contributed by atoms with Gasteiger partial charge in [0.2, 0.25) is 0 Å². The van der Waals surface area contributed by atoms with E-state index < -0.39 is 16.5 Å². The third-order valence-electron chi connectivity index (χ3n) is 3.67. The van der Waals surface area contributed by atoms with E-state index in [1.165, 1.54) is 4.90 Å². The zero-order chi connectivity index (χ0) is 12.7. The van der Waals surface area contributed by atoms with Crippen molar-refractivity contribution in [1.82, 2.24) is 4.90 Å². The first kappa shape index (κ1) is 13.5. The van der Waals surface area contributed by atoms with E-state index in [-0.39, 0.29) is 24.2 Å². The standard InChI is InChI=1S/C11H18BrNO3/c1-10(2,3)11(4)8(12)7(14)5-6-13(11)9(15)16/h8H,5-6H2,1-4H3,(H,15,16). The molecule has 1 aliphatic heterocycles. The molecule has 4 nitrogen and oxygen atoms in total. The van der Waals surface area contributed by atoms with Gasteiger partial charge in [0.1, 0.15) is 0 Å². The Bertz CT molecular complexity index is 324. The number of piperidine rings is 1. The Morgan fingerprint density at radius 2 is 2.06 bits per heavy atom. The molecule has 1 fully saturated rings. The normalized spacial score (nSPS) is 31.7. The van der Waals surface area contributed by atoms with Crippen LogP contribution in [0, 0.1) is 5.41 Å². The minimum Gasteiger partial charge on any atom is -0.465 e. The van der Waals surface area contributed by atoms with Crippen LogP contribution in [0.5, 0.6) is 0 Å². The fraction of sp³-hybridized carbons (Fsp3) is 0.818. The first-order valence-corrected chi connectivity index (χ1v) is 6.21. The van der Waals surface area contributed by atoms with E-state index >= 15 is 0 Å². The minimum atomic E-state index is -0.964. The molecule has 1 aliphatic rings. The molecule has 5 heteroatoms. The van der Waals surface area contributed by atoms with E-state index in [9.17, 15) is 14.7 Å². The molecule has 1 rings (SSSR count). The van der Waals surface area contributed by atoms with E-state index in [4.69, 9.17) is 0 Å². The zero-order valence-corrected chi connectivity index (χ0v) is 11.7. The summed E-state index contributed by atoms with van der Waals surface area (Å²) in [6.45, 7) is 7.98. The first-order valence-electron chi connectivity index (χ1n) is 5.29. The summed E-state index contributed by atoms with van der Waals surface area (Å²) in [4.78, 5) is 24.0. The van der Waals surface area contributed by atoms with Crippen LogP contribution in [0.25, 0.3) is 0 Å². The molecule has 0 aromatic carbocycles. The lowest BCUT2D eigenvalue weighted by Gasteiger charge is -2.53. The number of carbonyl (C=O) groups is 2. The lowest BCUT2D eigenvalue weighted by atomic mass is 9.69. The number of amides is 1. The van der Waals surface area contributed by atoms with Gasteiger partial charge in [-0.15, -0.1) is 0 Å². The second-order valence-electron chi connectivity index (χ2n) is 5.41. The van der Waals surface area contributed by atoms with Gasteiger partial charge in [-0.25, -0.2) is 4.79 Å². The molecular formula is C11H18BrNO3. The van der Waals surface area contributed by atoms with Crippen LogP contribution in [-0.2, 0) is 4.79 Å². The number of carbonyl (C=O) groups excluding carboxylic acids is 1. The number of ketones is 1. The highest BCUT2D eigenvalue weighted by atomic mass is 79.9. The quantitative estimate of drug-likeness (QED) is 0.698. The molecule has 1 heterocycles. The number of rotatable bonds is 0. The molecule has 16 heavy (non-hydrogen) atoms. The summed E-state index contributed by atoms with van der Waals surface area (Å²) in [5.74, 6) is 0.0786. The molecule has 1 amide bonds. The van der Waals surface area contributed by atoms with Crippen LogP contribution in [0.1, 0.15) is 34.1 Å². The molecule has 1 N–H and O–H groups in total. The highest BCUT2D eigenvalue weighted by molar-refractivity contribution is 9.10. The fourth-order valence-electron chi connectivity index (χ4n) is 2.11. The number of alkyl halides is 1. The smallest absolute Gasteiger partial charge is 0.407 e. The molecule has 92 valence electrons. The number of Topliss-reactive ketones (excluding diaryl/α,β-unsaturated/α-hetero) is 1. The number of carboxylic acid groups (broad SMARTS) is 1. The highest BCUT2D eigenvalue weighted by Crippen LogP contribution is 2.44.